The van der Waals surface area contributed by atoms with Crippen molar-refractivity contribution in [3.8, 4) is 6.07 Å². The molecule has 0 aliphatic carbocycles. The van der Waals surface area contributed by atoms with Crippen LogP contribution in [0.25, 0.3) is 0 Å². The molecule has 0 amide bonds. The van der Waals surface area contributed by atoms with Gasteiger partial charge in [0.25, 0.3) is 5.92 Å². The maximum absolute atomic E-state index is 13.4. The molecule has 2 nitrogen and oxygen atoms in total. The summed E-state index contributed by atoms with van der Waals surface area (Å²) in [5, 5.41) is 11.7. The Balaban J connectivity index is 3.05. The molecule has 0 spiro atoms. The van der Waals surface area contributed by atoms with Crippen LogP contribution < -0.4 is 5.32 Å². The van der Waals surface area contributed by atoms with Crippen LogP contribution in [0.15, 0.2) is 18.2 Å². The van der Waals surface area contributed by atoms with Crippen LogP contribution in [-0.4, -0.2) is 10.1 Å². The average Bonchev–Trinajstić information content (AvgIpc) is 2.28. The molecule has 1 aromatic carbocycles. The van der Waals surface area contributed by atoms with Gasteiger partial charge in [0.1, 0.15) is 4.32 Å². The van der Waals surface area contributed by atoms with Gasteiger partial charge in [-0.25, -0.2) is 8.78 Å². The molecule has 0 aliphatic rings. The number of alkyl halides is 2. The summed E-state index contributed by atoms with van der Waals surface area (Å²) in [4.78, 5) is 0. The molecule has 0 aliphatic heterocycles. The summed E-state index contributed by atoms with van der Waals surface area (Å²) in [7, 11) is 0. The fraction of sp³-hybridized carbons (Fsp3) is 0.333. The lowest BCUT2D eigenvalue weighted by Crippen LogP contribution is -2.12. The Hall–Kier alpha value is -1.19. The first-order valence-electron chi connectivity index (χ1n) is 5.24. The first kappa shape index (κ1) is 14.9. The zero-order chi connectivity index (χ0) is 13.8. The Bertz CT molecular complexity index is 490. The quantitative estimate of drug-likeness (QED) is 0.848. The van der Waals surface area contributed by atoms with Crippen molar-refractivity contribution in [2.24, 2.45) is 0 Å². The number of nitrogens with zero attached hydrogens (tertiary/aromatic N) is 1. The van der Waals surface area contributed by atoms with Gasteiger partial charge in [0.15, 0.2) is 0 Å². The molecular formula is C12H12F2N2S2. The van der Waals surface area contributed by atoms with Crippen molar-refractivity contribution >= 4 is 34.0 Å². The van der Waals surface area contributed by atoms with Gasteiger partial charge in [-0.2, -0.15) is 5.26 Å². The summed E-state index contributed by atoms with van der Waals surface area (Å²) in [5.41, 5.74) is 0.151. The highest BCUT2D eigenvalue weighted by atomic mass is 32.2. The van der Waals surface area contributed by atoms with Gasteiger partial charge in [0.05, 0.1) is 11.6 Å². The van der Waals surface area contributed by atoms with E-state index >= 15 is 0 Å². The minimum absolute atomic E-state index is 0.0258. The maximum Gasteiger partial charge on any atom is 0.271 e. The second-order valence-electron chi connectivity index (χ2n) is 3.61. The molecule has 0 saturated heterocycles. The molecule has 96 valence electrons. The molecular weight excluding hydrogens is 274 g/mol. The van der Waals surface area contributed by atoms with Crippen molar-refractivity contribution in [2.75, 3.05) is 11.1 Å². The van der Waals surface area contributed by atoms with Gasteiger partial charge < -0.3 is 5.32 Å². The first-order valence-corrected chi connectivity index (χ1v) is 6.64. The average molecular weight is 286 g/mol. The van der Waals surface area contributed by atoms with Crippen molar-refractivity contribution < 1.29 is 8.78 Å². The summed E-state index contributed by atoms with van der Waals surface area (Å²) >= 11 is 6.45. The molecule has 6 heteroatoms. The number of thioether (sulfide) groups is 1. The summed E-state index contributed by atoms with van der Waals surface area (Å²) in [6.07, 6.45) is 0. The number of halogens is 2. The van der Waals surface area contributed by atoms with E-state index in [1.54, 1.807) is 12.1 Å². The van der Waals surface area contributed by atoms with Crippen molar-refractivity contribution in [1.82, 2.24) is 0 Å². The van der Waals surface area contributed by atoms with Crippen LogP contribution in [0.2, 0.25) is 0 Å². The molecule has 1 aromatic rings. The fourth-order valence-electron chi connectivity index (χ4n) is 1.37. The highest BCUT2D eigenvalue weighted by Crippen LogP contribution is 2.31. The normalized spacial score (nSPS) is 10.8. The zero-order valence-electron chi connectivity index (χ0n) is 9.96. The van der Waals surface area contributed by atoms with E-state index < -0.39 is 5.92 Å². The van der Waals surface area contributed by atoms with E-state index in [4.69, 9.17) is 17.5 Å². The third-order valence-corrected chi connectivity index (χ3v) is 3.24. The smallest absolute Gasteiger partial charge is 0.271 e. The maximum atomic E-state index is 13.4. The lowest BCUT2D eigenvalue weighted by atomic mass is 10.0. The van der Waals surface area contributed by atoms with Crippen LogP contribution in [0.1, 0.15) is 25.0 Å². The minimum atomic E-state index is -3.05. The number of hydrogen-bond donors (Lipinski definition) is 1. The zero-order valence-corrected chi connectivity index (χ0v) is 11.6. The first-order chi connectivity index (χ1) is 8.38. The van der Waals surface area contributed by atoms with Crippen LogP contribution >= 0.6 is 24.0 Å². The second-order valence-corrected chi connectivity index (χ2v) is 5.55. The van der Waals surface area contributed by atoms with Gasteiger partial charge in [0, 0.05) is 18.2 Å². The topological polar surface area (TPSA) is 35.8 Å². The number of benzene rings is 1. The van der Waals surface area contributed by atoms with Crippen LogP contribution in [0, 0.1) is 11.3 Å². The van der Waals surface area contributed by atoms with E-state index in [9.17, 15) is 8.78 Å². The van der Waals surface area contributed by atoms with Gasteiger partial charge in [-0.15, -0.1) is 0 Å². The molecule has 0 saturated carbocycles. The van der Waals surface area contributed by atoms with E-state index in [-0.39, 0.29) is 11.1 Å². The Morgan fingerprint density at radius 3 is 2.72 bits per heavy atom. The predicted octanol–water partition coefficient (Wildman–Crippen LogP) is 4.12. The third-order valence-electron chi connectivity index (χ3n) is 2.13. The number of rotatable bonds is 3. The standard InChI is InChI=1S/C12H12F2N2S2/c1-3-18-11(17)16-9-5-4-8(7-15)10(6-9)12(2,13)14/h4-6H,3H2,1-2H3,(H,16,17). The van der Waals surface area contributed by atoms with Crippen LogP contribution in [0.3, 0.4) is 0 Å². The van der Waals surface area contributed by atoms with E-state index in [1.807, 2.05) is 6.92 Å². The Morgan fingerprint density at radius 1 is 1.56 bits per heavy atom. The molecule has 0 bridgehead atoms. The van der Waals surface area contributed by atoms with Gasteiger partial charge in [-0.3, -0.25) is 0 Å². The van der Waals surface area contributed by atoms with E-state index in [2.05, 4.69) is 5.32 Å². The molecule has 0 unspecified atom stereocenters. The molecule has 0 radical (unpaired) electrons. The Kier molecular flexibility index (Phi) is 5.05. The fourth-order valence-corrected chi connectivity index (χ4v) is 2.29. The summed E-state index contributed by atoms with van der Waals surface area (Å²) < 4.78 is 27.2. The third kappa shape index (κ3) is 3.93. The number of nitrogens with one attached hydrogen (secondary N) is 1. The van der Waals surface area contributed by atoms with Crippen LogP contribution in [0.5, 0.6) is 0 Å². The van der Waals surface area contributed by atoms with Gasteiger partial charge in [-0.1, -0.05) is 30.9 Å². The van der Waals surface area contributed by atoms with Crippen molar-refractivity contribution in [3.05, 3.63) is 29.3 Å². The summed E-state index contributed by atoms with van der Waals surface area (Å²) in [6.45, 7) is 2.72. The lowest BCUT2D eigenvalue weighted by molar-refractivity contribution is 0.0172. The lowest BCUT2D eigenvalue weighted by Gasteiger charge is -2.14. The van der Waals surface area contributed by atoms with E-state index in [1.165, 1.54) is 23.9 Å². The predicted molar refractivity (Wildman–Crippen MR) is 75.1 cm³/mol. The van der Waals surface area contributed by atoms with Gasteiger partial charge in [-0.05, 0) is 24.0 Å². The SMILES string of the molecule is CCSC(=S)Nc1ccc(C#N)c(C(C)(F)F)c1. The molecule has 1 N–H and O–H groups in total. The number of anilines is 1. The summed E-state index contributed by atoms with van der Waals surface area (Å²) in [5.74, 6) is -2.25. The largest absolute Gasteiger partial charge is 0.341 e. The second kappa shape index (κ2) is 6.12. The van der Waals surface area contributed by atoms with Crippen molar-refractivity contribution in [3.63, 3.8) is 0 Å². The monoisotopic (exact) mass is 286 g/mol. The van der Waals surface area contributed by atoms with Gasteiger partial charge in [0.2, 0.25) is 0 Å². The number of thiocarbonyl (C=S) groups is 1. The minimum Gasteiger partial charge on any atom is -0.341 e. The molecule has 0 heterocycles. The highest BCUT2D eigenvalue weighted by Gasteiger charge is 2.28. The van der Waals surface area contributed by atoms with E-state index in [0.29, 0.717) is 10.0 Å². The molecule has 18 heavy (non-hydrogen) atoms. The van der Waals surface area contributed by atoms with Crippen LogP contribution in [0.4, 0.5) is 14.5 Å². The van der Waals surface area contributed by atoms with Crippen LogP contribution in [-0.2, 0) is 5.92 Å². The van der Waals surface area contributed by atoms with E-state index in [0.717, 1.165) is 12.7 Å². The van der Waals surface area contributed by atoms with Gasteiger partial charge >= 0.3 is 0 Å². The van der Waals surface area contributed by atoms with Crippen molar-refractivity contribution in [2.45, 2.75) is 19.8 Å². The van der Waals surface area contributed by atoms with Crippen molar-refractivity contribution in [1.29, 1.82) is 5.26 Å². The Morgan fingerprint density at radius 2 is 2.22 bits per heavy atom. The molecule has 1 rings (SSSR count). The molecule has 0 atom stereocenters. The summed E-state index contributed by atoms with van der Waals surface area (Å²) in [6, 6.07) is 5.96. The number of nitriles is 1. The molecule has 0 fully saturated rings. The Labute approximate surface area is 114 Å². The molecule has 0 aromatic heterocycles. The number of hydrogen-bond acceptors (Lipinski definition) is 3. The highest BCUT2D eigenvalue weighted by molar-refractivity contribution is 8.23.